The average Bonchev–Trinajstić information content (AvgIpc) is 2.84. The number of carbonyl (C=O) groups excluding carboxylic acids is 1. The standard InChI is InChI=1S/C13H14N2O3/c1-9-5-3-4-6-11(9)18-10(2)13(16)14-12-7-8-17-15-12/h3-8,10H,1-2H3,(H,14,15,16)/t10-/m1/s1. The summed E-state index contributed by atoms with van der Waals surface area (Å²) in [7, 11) is 0. The van der Waals surface area contributed by atoms with Crippen LogP contribution in [0.4, 0.5) is 5.82 Å². The highest BCUT2D eigenvalue weighted by Gasteiger charge is 2.16. The van der Waals surface area contributed by atoms with Crippen molar-refractivity contribution in [3.8, 4) is 5.75 Å². The summed E-state index contributed by atoms with van der Waals surface area (Å²) in [5.41, 5.74) is 0.985. The Morgan fingerprint density at radius 3 is 2.83 bits per heavy atom. The second-order valence-corrected chi connectivity index (χ2v) is 3.90. The zero-order chi connectivity index (χ0) is 13.0. The van der Waals surface area contributed by atoms with Crippen molar-refractivity contribution < 1.29 is 14.1 Å². The van der Waals surface area contributed by atoms with Crippen LogP contribution in [-0.2, 0) is 4.79 Å². The maximum atomic E-state index is 11.8. The van der Waals surface area contributed by atoms with Crippen LogP contribution in [0.15, 0.2) is 41.1 Å². The Kier molecular flexibility index (Phi) is 3.62. The molecule has 0 radical (unpaired) electrons. The zero-order valence-corrected chi connectivity index (χ0v) is 10.2. The van der Waals surface area contributed by atoms with Crippen LogP contribution < -0.4 is 10.1 Å². The minimum absolute atomic E-state index is 0.271. The predicted octanol–water partition coefficient (Wildman–Crippen LogP) is 2.39. The van der Waals surface area contributed by atoms with Crippen LogP contribution in [-0.4, -0.2) is 17.2 Å². The number of amides is 1. The Morgan fingerprint density at radius 1 is 1.39 bits per heavy atom. The molecule has 0 aliphatic rings. The molecule has 94 valence electrons. The molecule has 5 nitrogen and oxygen atoms in total. The van der Waals surface area contributed by atoms with E-state index in [-0.39, 0.29) is 5.91 Å². The van der Waals surface area contributed by atoms with E-state index in [1.807, 2.05) is 31.2 Å². The van der Waals surface area contributed by atoms with Gasteiger partial charge in [-0.3, -0.25) is 4.79 Å². The van der Waals surface area contributed by atoms with Crippen LogP contribution in [0, 0.1) is 6.92 Å². The molecule has 0 fully saturated rings. The molecule has 1 aromatic heterocycles. The van der Waals surface area contributed by atoms with Crippen molar-refractivity contribution >= 4 is 11.7 Å². The number of aromatic nitrogens is 1. The summed E-state index contributed by atoms with van der Waals surface area (Å²) in [6, 6.07) is 9.11. The van der Waals surface area contributed by atoms with E-state index in [0.29, 0.717) is 11.6 Å². The van der Waals surface area contributed by atoms with E-state index < -0.39 is 6.10 Å². The van der Waals surface area contributed by atoms with Crippen LogP contribution in [0.25, 0.3) is 0 Å². The van der Waals surface area contributed by atoms with Gasteiger partial charge in [0.1, 0.15) is 12.0 Å². The third-order valence-corrected chi connectivity index (χ3v) is 2.46. The molecule has 0 aliphatic heterocycles. The Hall–Kier alpha value is -2.30. The number of benzene rings is 1. The largest absolute Gasteiger partial charge is 0.481 e. The van der Waals surface area contributed by atoms with Crippen LogP contribution in [0.1, 0.15) is 12.5 Å². The number of nitrogens with zero attached hydrogens (tertiary/aromatic N) is 1. The van der Waals surface area contributed by atoms with Crippen LogP contribution in [0.5, 0.6) is 5.75 Å². The summed E-state index contributed by atoms with van der Waals surface area (Å²) in [5, 5.41) is 6.19. The second kappa shape index (κ2) is 5.35. The van der Waals surface area contributed by atoms with Gasteiger partial charge in [-0.1, -0.05) is 23.4 Å². The fourth-order valence-electron chi connectivity index (χ4n) is 1.44. The first kappa shape index (κ1) is 12.2. The number of nitrogens with one attached hydrogen (secondary N) is 1. The topological polar surface area (TPSA) is 64.4 Å². The minimum Gasteiger partial charge on any atom is -0.481 e. The van der Waals surface area contributed by atoms with E-state index in [4.69, 9.17) is 4.74 Å². The van der Waals surface area contributed by atoms with Crippen molar-refractivity contribution in [1.29, 1.82) is 0 Å². The molecule has 1 N–H and O–H groups in total. The van der Waals surface area contributed by atoms with Gasteiger partial charge in [0.2, 0.25) is 0 Å². The fourth-order valence-corrected chi connectivity index (χ4v) is 1.44. The van der Waals surface area contributed by atoms with Gasteiger partial charge in [0.05, 0.1) is 0 Å². The van der Waals surface area contributed by atoms with Gasteiger partial charge in [0, 0.05) is 6.07 Å². The summed E-state index contributed by atoms with van der Waals surface area (Å²) in [5.74, 6) is 0.799. The summed E-state index contributed by atoms with van der Waals surface area (Å²) in [6.45, 7) is 3.61. The van der Waals surface area contributed by atoms with Gasteiger partial charge in [-0.2, -0.15) is 0 Å². The second-order valence-electron chi connectivity index (χ2n) is 3.90. The van der Waals surface area contributed by atoms with Crippen molar-refractivity contribution in [2.45, 2.75) is 20.0 Å². The van der Waals surface area contributed by atoms with Crippen molar-refractivity contribution in [3.05, 3.63) is 42.2 Å². The summed E-state index contributed by atoms with van der Waals surface area (Å²) < 4.78 is 10.2. The Labute approximate surface area is 105 Å². The quantitative estimate of drug-likeness (QED) is 0.899. The lowest BCUT2D eigenvalue weighted by Crippen LogP contribution is -2.30. The molecule has 5 heteroatoms. The predicted molar refractivity (Wildman–Crippen MR) is 66.4 cm³/mol. The van der Waals surface area contributed by atoms with Gasteiger partial charge in [-0.25, -0.2) is 0 Å². The molecule has 1 atom stereocenters. The molecule has 1 heterocycles. The highest BCUT2D eigenvalue weighted by molar-refractivity contribution is 5.93. The number of rotatable bonds is 4. The Morgan fingerprint density at radius 2 is 2.17 bits per heavy atom. The van der Waals surface area contributed by atoms with Gasteiger partial charge in [-0.05, 0) is 25.5 Å². The van der Waals surface area contributed by atoms with E-state index in [9.17, 15) is 4.79 Å². The van der Waals surface area contributed by atoms with Gasteiger partial charge >= 0.3 is 0 Å². The fraction of sp³-hybridized carbons (Fsp3) is 0.231. The lowest BCUT2D eigenvalue weighted by atomic mass is 10.2. The molecule has 2 rings (SSSR count). The summed E-state index contributed by atoms with van der Waals surface area (Å²) >= 11 is 0. The first-order valence-electron chi connectivity index (χ1n) is 5.60. The minimum atomic E-state index is -0.609. The summed E-state index contributed by atoms with van der Waals surface area (Å²) in [4.78, 5) is 11.8. The molecular formula is C13H14N2O3. The SMILES string of the molecule is Cc1ccccc1O[C@H](C)C(=O)Nc1ccon1. The molecule has 1 aromatic carbocycles. The first-order valence-corrected chi connectivity index (χ1v) is 5.60. The maximum Gasteiger partial charge on any atom is 0.266 e. The lowest BCUT2D eigenvalue weighted by Gasteiger charge is -2.15. The third kappa shape index (κ3) is 2.88. The van der Waals surface area contributed by atoms with Crippen molar-refractivity contribution in [3.63, 3.8) is 0 Å². The van der Waals surface area contributed by atoms with E-state index in [1.54, 1.807) is 13.0 Å². The molecular weight excluding hydrogens is 232 g/mol. The normalized spacial score (nSPS) is 11.9. The molecule has 0 saturated carbocycles. The van der Waals surface area contributed by atoms with Crippen LogP contribution in [0.3, 0.4) is 0 Å². The van der Waals surface area contributed by atoms with E-state index in [1.165, 1.54) is 6.26 Å². The molecule has 1 amide bonds. The van der Waals surface area contributed by atoms with Crippen molar-refractivity contribution in [2.24, 2.45) is 0 Å². The van der Waals surface area contributed by atoms with Gasteiger partial charge in [-0.15, -0.1) is 0 Å². The van der Waals surface area contributed by atoms with Crippen LogP contribution >= 0.6 is 0 Å². The highest BCUT2D eigenvalue weighted by atomic mass is 16.5. The van der Waals surface area contributed by atoms with Crippen LogP contribution in [0.2, 0.25) is 0 Å². The van der Waals surface area contributed by atoms with Gasteiger partial charge in [0.25, 0.3) is 5.91 Å². The van der Waals surface area contributed by atoms with E-state index in [2.05, 4.69) is 15.0 Å². The molecule has 2 aromatic rings. The zero-order valence-electron chi connectivity index (χ0n) is 10.2. The molecule has 0 saturated heterocycles. The highest BCUT2D eigenvalue weighted by Crippen LogP contribution is 2.18. The number of ether oxygens (including phenoxy) is 1. The van der Waals surface area contributed by atoms with Crippen molar-refractivity contribution in [1.82, 2.24) is 5.16 Å². The molecule has 0 spiro atoms. The van der Waals surface area contributed by atoms with Crippen molar-refractivity contribution in [2.75, 3.05) is 5.32 Å². The third-order valence-electron chi connectivity index (χ3n) is 2.46. The number of hydrogen-bond donors (Lipinski definition) is 1. The molecule has 0 unspecified atom stereocenters. The monoisotopic (exact) mass is 246 g/mol. The average molecular weight is 246 g/mol. The molecule has 18 heavy (non-hydrogen) atoms. The van der Waals surface area contributed by atoms with Gasteiger partial charge < -0.3 is 14.6 Å². The Bertz CT molecular complexity index is 523. The lowest BCUT2D eigenvalue weighted by molar-refractivity contribution is -0.122. The van der Waals surface area contributed by atoms with E-state index >= 15 is 0 Å². The number of aryl methyl sites for hydroxylation is 1. The first-order chi connectivity index (χ1) is 8.66. The summed E-state index contributed by atoms with van der Waals surface area (Å²) in [6.07, 6.45) is 0.783. The molecule has 0 bridgehead atoms. The number of para-hydroxylation sites is 1. The number of carbonyl (C=O) groups is 1. The Balaban J connectivity index is 1.97. The maximum absolute atomic E-state index is 11.8. The smallest absolute Gasteiger partial charge is 0.266 e. The van der Waals surface area contributed by atoms with E-state index in [0.717, 1.165) is 5.56 Å². The number of anilines is 1. The molecule has 0 aliphatic carbocycles. The number of hydrogen-bond acceptors (Lipinski definition) is 4. The van der Waals surface area contributed by atoms with Gasteiger partial charge in [0.15, 0.2) is 11.9 Å².